The van der Waals surface area contributed by atoms with E-state index in [2.05, 4.69) is 9.97 Å². The maximum absolute atomic E-state index is 6.11. The zero-order valence-corrected chi connectivity index (χ0v) is 10.7. The lowest BCUT2D eigenvalue weighted by Gasteiger charge is -2.01. The number of hydrogen-bond donors (Lipinski definition) is 0. The molecule has 0 atom stereocenters. The van der Waals surface area contributed by atoms with Gasteiger partial charge in [-0.3, -0.25) is 4.98 Å². The van der Waals surface area contributed by atoms with Crippen LogP contribution < -0.4 is 0 Å². The van der Waals surface area contributed by atoms with Crippen molar-refractivity contribution in [2.24, 2.45) is 0 Å². The Hall–Kier alpha value is -1.45. The van der Waals surface area contributed by atoms with E-state index in [0.29, 0.717) is 0 Å². The van der Waals surface area contributed by atoms with Crippen LogP contribution in [0.4, 0.5) is 0 Å². The predicted molar refractivity (Wildman–Crippen MR) is 72.6 cm³/mol. The van der Waals surface area contributed by atoms with Crippen LogP contribution in [-0.4, -0.2) is 9.97 Å². The normalized spacial score (nSPS) is 10.9. The van der Waals surface area contributed by atoms with Gasteiger partial charge in [0.05, 0.1) is 15.6 Å². The third-order valence-electron chi connectivity index (χ3n) is 2.59. The summed E-state index contributed by atoms with van der Waals surface area (Å²) in [5, 5.41) is 3.88. The number of nitrogens with zero attached hydrogens (tertiary/aromatic N) is 2. The van der Waals surface area contributed by atoms with Crippen molar-refractivity contribution >= 4 is 33.7 Å². The molecular formula is C13H9ClN2S. The molecule has 0 saturated carbocycles. The van der Waals surface area contributed by atoms with Gasteiger partial charge in [-0.2, -0.15) is 0 Å². The van der Waals surface area contributed by atoms with Gasteiger partial charge in [-0.1, -0.05) is 23.7 Å². The molecule has 0 bridgehead atoms. The van der Waals surface area contributed by atoms with E-state index in [-0.39, 0.29) is 0 Å². The predicted octanol–water partition coefficient (Wildman–Crippen LogP) is 4.32. The Morgan fingerprint density at radius 1 is 1.18 bits per heavy atom. The smallest absolute Gasteiger partial charge is 0.0901 e. The summed E-state index contributed by atoms with van der Waals surface area (Å²) in [5.74, 6) is 0. The van der Waals surface area contributed by atoms with Crippen molar-refractivity contribution in [3.8, 4) is 10.6 Å². The average Bonchev–Trinajstić information content (AvgIpc) is 2.76. The van der Waals surface area contributed by atoms with Gasteiger partial charge in [0.2, 0.25) is 0 Å². The number of fused-ring (bicyclic) bond motifs is 1. The van der Waals surface area contributed by atoms with Crippen LogP contribution in [-0.2, 0) is 0 Å². The van der Waals surface area contributed by atoms with Crippen molar-refractivity contribution in [1.82, 2.24) is 9.97 Å². The maximum atomic E-state index is 6.11. The minimum atomic E-state index is 0.738. The number of hydrogen-bond acceptors (Lipinski definition) is 3. The number of rotatable bonds is 1. The quantitative estimate of drug-likeness (QED) is 0.651. The summed E-state index contributed by atoms with van der Waals surface area (Å²) in [4.78, 5) is 9.77. The first-order valence-electron chi connectivity index (χ1n) is 5.21. The Kier molecular flexibility index (Phi) is 2.57. The third kappa shape index (κ3) is 1.92. The van der Waals surface area contributed by atoms with Crippen molar-refractivity contribution in [2.45, 2.75) is 6.92 Å². The van der Waals surface area contributed by atoms with Crippen LogP contribution in [0.25, 0.3) is 21.3 Å². The average molecular weight is 261 g/mol. The Morgan fingerprint density at radius 2 is 2.06 bits per heavy atom. The monoisotopic (exact) mass is 260 g/mol. The summed E-state index contributed by atoms with van der Waals surface area (Å²) in [6.45, 7) is 1.99. The molecule has 0 spiro atoms. The van der Waals surface area contributed by atoms with E-state index in [0.717, 1.165) is 31.4 Å². The molecule has 0 saturated heterocycles. The van der Waals surface area contributed by atoms with Gasteiger partial charge < -0.3 is 0 Å². The highest BCUT2D eigenvalue weighted by Gasteiger charge is 2.05. The van der Waals surface area contributed by atoms with Crippen molar-refractivity contribution in [3.05, 3.63) is 46.7 Å². The van der Waals surface area contributed by atoms with Crippen LogP contribution in [0.15, 0.2) is 36.7 Å². The fourth-order valence-electron chi connectivity index (χ4n) is 1.75. The summed E-state index contributed by atoms with van der Waals surface area (Å²) in [6.07, 6.45) is 3.68. The number of halogens is 1. The highest BCUT2D eigenvalue weighted by Crippen LogP contribution is 2.29. The number of thiazole rings is 1. The van der Waals surface area contributed by atoms with Crippen LogP contribution in [0.3, 0.4) is 0 Å². The molecule has 0 radical (unpaired) electrons. The molecule has 3 aromatic rings. The van der Waals surface area contributed by atoms with Crippen LogP contribution in [0.1, 0.15) is 5.01 Å². The van der Waals surface area contributed by atoms with E-state index in [4.69, 9.17) is 11.6 Å². The van der Waals surface area contributed by atoms with Gasteiger partial charge in [0.15, 0.2) is 0 Å². The molecule has 84 valence electrons. The Bertz CT molecular complexity index is 691. The molecule has 0 N–H and O–H groups in total. The molecular weight excluding hydrogens is 252 g/mol. The molecule has 0 unspecified atom stereocenters. The van der Waals surface area contributed by atoms with Gasteiger partial charge in [0.1, 0.15) is 0 Å². The number of aromatic nitrogens is 2. The van der Waals surface area contributed by atoms with E-state index in [1.54, 1.807) is 11.3 Å². The minimum Gasteiger partial charge on any atom is -0.255 e. The SMILES string of the molecule is Cc1ncc(-c2cc3cccc(Cl)c3cn2)s1. The molecule has 1 aromatic carbocycles. The molecule has 17 heavy (non-hydrogen) atoms. The van der Waals surface area contributed by atoms with Crippen LogP contribution in [0.2, 0.25) is 5.02 Å². The van der Waals surface area contributed by atoms with Gasteiger partial charge in [-0.25, -0.2) is 4.98 Å². The van der Waals surface area contributed by atoms with E-state index in [1.807, 2.05) is 43.6 Å². The van der Waals surface area contributed by atoms with E-state index >= 15 is 0 Å². The molecule has 0 fully saturated rings. The van der Waals surface area contributed by atoms with Crippen LogP contribution >= 0.6 is 22.9 Å². The molecule has 2 heterocycles. The maximum Gasteiger partial charge on any atom is 0.0901 e. The van der Waals surface area contributed by atoms with Crippen molar-refractivity contribution in [3.63, 3.8) is 0 Å². The second-order valence-electron chi connectivity index (χ2n) is 3.77. The van der Waals surface area contributed by atoms with Gasteiger partial charge >= 0.3 is 0 Å². The molecule has 2 aromatic heterocycles. The van der Waals surface area contributed by atoms with Gasteiger partial charge in [-0.15, -0.1) is 11.3 Å². The van der Waals surface area contributed by atoms with Gasteiger partial charge in [0.25, 0.3) is 0 Å². The molecule has 0 amide bonds. The van der Waals surface area contributed by atoms with E-state index in [9.17, 15) is 0 Å². The van der Waals surface area contributed by atoms with Crippen molar-refractivity contribution in [1.29, 1.82) is 0 Å². The summed E-state index contributed by atoms with van der Waals surface area (Å²) in [5.41, 5.74) is 0.949. The Morgan fingerprint density at radius 3 is 2.82 bits per heavy atom. The molecule has 0 aliphatic heterocycles. The van der Waals surface area contributed by atoms with E-state index < -0.39 is 0 Å². The number of benzene rings is 1. The first-order chi connectivity index (χ1) is 8.24. The molecule has 0 aliphatic carbocycles. The number of aryl methyl sites for hydroxylation is 1. The molecule has 4 heteroatoms. The lowest BCUT2D eigenvalue weighted by Crippen LogP contribution is -1.82. The molecule has 2 nitrogen and oxygen atoms in total. The Balaban J connectivity index is 2.20. The fraction of sp³-hybridized carbons (Fsp3) is 0.0769. The van der Waals surface area contributed by atoms with Gasteiger partial charge in [-0.05, 0) is 24.4 Å². The number of pyridine rings is 1. The summed E-state index contributed by atoms with van der Waals surface area (Å²) in [7, 11) is 0. The summed E-state index contributed by atoms with van der Waals surface area (Å²) in [6, 6.07) is 7.92. The summed E-state index contributed by atoms with van der Waals surface area (Å²) < 4.78 is 0. The first kappa shape index (κ1) is 10.7. The minimum absolute atomic E-state index is 0.738. The zero-order valence-electron chi connectivity index (χ0n) is 9.14. The summed E-state index contributed by atoms with van der Waals surface area (Å²) >= 11 is 7.76. The second-order valence-corrected chi connectivity index (χ2v) is 5.42. The van der Waals surface area contributed by atoms with Crippen LogP contribution in [0, 0.1) is 6.92 Å². The lowest BCUT2D eigenvalue weighted by molar-refractivity contribution is 1.29. The van der Waals surface area contributed by atoms with Crippen molar-refractivity contribution in [2.75, 3.05) is 0 Å². The third-order valence-corrected chi connectivity index (χ3v) is 3.85. The zero-order chi connectivity index (χ0) is 11.8. The van der Waals surface area contributed by atoms with Crippen molar-refractivity contribution < 1.29 is 0 Å². The highest BCUT2D eigenvalue weighted by molar-refractivity contribution is 7.15. The lowest BCUT2D eigenvalue weighted by atomic mass is 10.1. The van der Waals surface area contributed by atoms with Gasteiger partial charge in [0, 0.05) is 22.8 Å². The topological polar surface area (TPSA) is 25.8 Å². The first-order valence-corrected chi connectivity index (χ1v) is 6.40. The molecule has 3 rings (SSSR count). The fourth-order valence-corrected chi connectivity index (χ4v) is 2.72. The molecule has 0 aliphatic rings. The standard InChI is InChI=1S/C13H9ClN2S/c1-8-15-7-13(17-8)12-5-9-3-2-4-11(14)10(9)6-16-12/h2-7H,1H3. The van der Waals surface area contributed by atoms with E-state index in [1.165, 1.54) is 0 Å². The highest BCUT2D eigenvalue weighted by atomic mass is 35.5. The largest absolute Gasteiger partial charge is 0.255 e. The Labute approximate surface area is 108 Å². The second kappa shape index (κ2) is 4.09. The van der Waals surface area contributed by atoms with Crippen LogP contribution in [0.5, 0.6) is 0 Å².